The molecule has 2 aliphatic heterocycles. The van der Waals surface area contributed by atoms with Crippen LogP contribution in [-0.2, 0) is 0 Å². The molecule has 7 heteroatoms. The van der Waals surface area contributed by atoms with E-state index in [1.807, 2.05) is 4.90 Å². The van der Waals surface area contributed by atoms with E-state index in [1.54, 1.807) is 12.3 Å². The molecule has 3 N–H and O–H groups in total. The van der Waals surface area contributed by atoms with Crippen LogP contribution in [0.4, 0.5) is 5.69 Å². The van der Waals surface area contributed by atoms with Crippen LogP contribution in [0.5, 0.6) is 0 Å². The van der Waals surface area contributed by atoms with Gasteiger partial charge in [-0.05, 0) is 31.7 Å². The van der Waals surface area contributed by atoms with Crippen LogP contribution < -0.4 is 5.73 Å². The van der Waals surface area contributed by atoms with Crippen molar-refractivity contribution in [3.05, 3.63) is 17.1 Å². The summed E-state index contributed by atoms with van der Waals surface area (Å²) < 4.78 is 0. The van der Waals surface area contributed by atoms with Gasteiger partial charge >= 0.3 is 0 Å². The highest BCUT2D eigenvalue weighted by atomic mass is 32.1. The number of aliphatic hydroxyl groups excluding tert-OH is 1. The molecule has 110 valence electrons. The average Bonchev–Trinajstić information content (AvgIpc) is 2.95. The molecule has 21 heavy (non-hydrogen) atoms. The predicted octanol–water partition coefficient (Wildman–Crippen LogP) is 1.40. The number of nitrogens with zero attached hydrogens (tertiary/aromatic N) is 3. The van der Waals surface area contributed by atoms with Crippen LogP contribution in [0.1, 0.15) is 35.4 Å². The number of piperidine rings is 1. The number of nitrogens with two attached hydrogens (primary N) is 1. The minimum absolute atomic E-state index is 0.0186. The highest BCUT2D eigenvalue weighted by molar-refractivity contribution is 7.21. The number of aliphatic hydroxyl groups is 1. The second-order valence-corrected chi connectivity index (χ2v) is 6.82. The van der Waals surface area contributed by atoms with E-state index >= 15 is 0 Å². The molecule has 2 aromatic rings. The number of anilines is 1. The van der Waals surface area contributed by atoms with Crippen molar-refractivity contribution in [3.63, 3.8) is 0 Å². The van der Waals surface area contributed by atoms with Gasteiger partial charge in [-0.2, -0.15) is 5.10 Å². The van der Waals surface area contributed by atoms with E-state index in [0.717, 1.165) is 18.2 Å². The molecule has 2 unspecified atom stereocenters. The van der Waals surface area contributed by atoms with Gasteiger partial charge in [0.15, 0.2) is 0 Å². The normalized spacial score (nSPS) is 28.2. The highest BCUT2D eigenvalue weighted by Crippen LogP contribution is 2.40. The highest BCUT2D eigenvalue weighted by Gasteiger charge is 2.43. The number of rotatable bonds is 1. The van der Waals surface area contributed by atoms with Crippen LogP contribution in [0, 0.1) is 0 Å². The van der Waals surface area contributed by atoms with Crippen LogP contribution in [0.25, 0.3) is 10.2 Å². The molecule has 0 aliphatic carbocycles. The van der Waals surface area contributed by atoms with Gasteiger partial charge in [-0.1, -0.05) is 0 Å². The van der Waals surface area contributed by atoms with E-state index in [2.05, 4.69) is 10.2 Å². The van der Waals surface area contributed by atoms with Gasteiger partial charge in [-0.25, -0.2) is 0 Å². The third-order valence-electron chi connectivity index (χ3n) is 4.56. The van der Waals surface area contributed by atoms with Gasteiger partial charge in [0.25, 0.3) is 5.91 Å². The molecule has 2 atom stereocenters. The molecular formula is C14H16N4O2S. The first kappa shape index (κ1) is 13.0. The molecule has 2 aromatic heterocycles. The minimum Gasteiger partial charge on any atom is -0.397 e. The molecule has 0 spiro atoms. The van der Waals surface area contributed by atoms with Gasteiger partial charge in [0, 0.05) is 17.5 Å². The summed E-state index contributed by atoms with van der Waals surface area (Å²) in [5, 5.41) is 18.5. The summed E-state index contributed by atoms with van der Waals surface area (Å²) in [6, 6.07) is 2.07. The molecule has 0 aromatic carbocycles. The van der Waals surface area contributed by atoms with Gasteiger partial charge < -0.3 is 15.7 Å². The van der Waals surface area contributed by atoms with Gasteiger partial charge in [0.05, 0.1) is 18.0 Å². The van der Waals surface area contributed by atoms with Crippen molar-refractivity contribution in [2.24, 2.45) is 0 Å². The molecule has 2 saturated heterocycles. The lowest BCUT2D eigenvalue weighted by atomic mass is 9.99. The van der Waals surface area contributed by atoms with E-state index in [0.29, 0.717) is 28.2 Å². The molecule has 4 rings (SSSR count). The first-order valence-corrected chi connectivity index (χ1v) is 7.97. The van der Waals surface area contributed by atoms with Gasteiger partial charge in [-0.15, -0.1) is 16.4 Å². The monoisotopic (exact) mass is 304 g/mol. The molecule has 1 amide bonds. The zero-order valence-corrected chi connectivity index (χ0v) is 12.2. The number of hydrogen-bond acceptors (Lipinski definition) is 6. The van der Waals surface area contributed by atoms with Gasteiger partial charge in [-0.3, -0.25) is 4.79 Å². The predicted molar refractivity (Wildman–Crippen MR) is 80.0 cm³/mol. The Bertz CT molecular complexity index is 702. The van der Waals surface area contributed by atoms with E-state index in [9.17, 15) is 9.90 Å². The number of thiophene rings is 1. The molecule has 0 radical (unpaired) electrons. The smallest absolute Gasteiger partial charge is 0.266 e. The number of nitrogen functional groups attached to an aromatic ring is 1. The van der Waals surface area contributed by atoms with Crippen molar-refractivity contribution in [1.82, 2.24) is 15.1 Å². The summed E-state index contributed by atoms with van der Waals surface area (Å²) in [4.78, 5) is 16.1. The Hall–Kier alpha value is -1.73. The Balaban J connectivity index is 1.72. The molecule has 6 nitrogen and oxygen atoms in total. The van der Waals surface area contributed by atoms with Crippen molar-refractivity contribution < 1.29 is 9.90 Å². The molecule has 2 bridgehead atoms. The number of aromatic nitrogens is 2. The minimum atomic E-state index is -0.280. The molecule has 2 aliphatic rings. The Morgan fingerprint density at radius 3 is 2.76 bits per heavy atom. The van der Waals surface area contributed by atoms with Crippen LogP contribution in [0.3, 0.4) is 0 Å². The number of carbonyl (C=O) groups is 1. The number of fused-ring (bicyclic) bond motifs is 3. The van der Waals surface area contributed by atoms with E-state index < -0.39 is 0 Å². The maximum absolute atomic E-state index is 12.9. The Labute approximate surface area is 125 Å². The first-order valence-electron chi connectivity index (χ1n) is 7.15. The lowest BCUT2D eigenvalue weighted by molar-refractivity contribution is 0.0291. The number of amides is 1. The summed E-state index contributed by atoms with van der Waals surface area (Å²) in [7, 11) is 0. The first-order chi connectivity index (χ1) is 10.1. The standard InChI is InChI=1S/C14H16N4O2S/c15-11-10-3-4-16-17-13(10)21-12(11)14(20)18-7-1-2-8(18)6-9(19)5-7/h3-4,7-9,19H,1-2,5-6,15H2. The van der Waals surface area contributed by atoms with Crippen molar-refractivity contribution in [2.75, 3.05) is 5.73 Å². The topological polar surface area (TPSA) is 92.3 Å². The summed E-state index contributed by atoms with van der Waals surface area (Å²) >= 11 is 1.31. The van der Waals surface area contributed by atoms with Crippen molar-refractivity contribution in [2.45, 2.75) is 43.9 Å². The Kier molecular flexibility index (Phi) is 2.87. The molecular weight excluding hydrogens is 288 g/mol. The van der Waals surface area contributed by atoms with Crippen molar-refractivity contribution in [3.8, 4) is 0 Å². The largest absolute Gasteiger partial charge is 0.397 e. The fourth-order valence-electron chi connectivity index (χ4n) is 3.63. The summed E-state index contributed by atoms with van der Waals surface area (Å²) in [5.74, 6) is -0.0186. The third-order valence-corrected chi connectivity index (χ3v) is 5.65. The Morgan fingerprint density at radius 1 is 1.38 bits per heavy atom. The summed E-state index contributed by atoms with van der Waals surface area (Å²) in [6.45, 7) is 0. The van der Waals surface area contributed by atoms with Gasteiger partial charge in [0.2, 0.25) is 0 Å². The Morgan fingerprint density at radius 2 is 2.10 bits per heavy atom. The van der Waals surface area contributed by atoms with E-state index in [-0.39, 0.29) is 24.1 Å². The van der Waals surface area contributed by atoms with Crippen LogP contribution in [0.15, 0.2) is 12.3 Å². The van der Waals surface area contributed by atoms with Gasteiger partial charge in [0.1, 0.15) is 9.71 Å². The van der Waals surface area contributed by atoms with E-state index in [4.69, 9.17) is 5.73 Å². The number of hydrogen-bond donors (Lipinski definition) is 2. The molecule has 4 heterocycles. The van der Waals surface area contributed by atoms with Crippen molar-refractivity contribution in [1.29, 1.82) is 0 Å². The third kappa shape index (κ3) is 1.91. The van der Waals surface area contributed by atoms with E-state index in [1.165, 1.54) is 11.3 Å². The van der Waals surface area contributed by atoms with Crippen LogP contribution in [-0.4, -0.2) is 44.3 Å². The van der Waals surface area contributed by atoms with Crippen LogP contribution >= 0.6 is 11.3 Å². The quantitative estimate of drug-likeness (QED) is 0.831. The van der Waals surface area contributed by atoms with Crippen molar-refractivity contribution >= 4 is 33.1 Å². The maximum Gasteiger partial charge on any atom is 0.266 e. The second-order valence-electron chi connectivity index (χ2n) is 5.82. The second kappa shape index (κ2) is 4.64. The number of carbonyl (C=O) groups excluding carboxylic acids is 1. The summed E-state index contributed by atoms with van der Waals surface area (Å²) in [6.07, 6.45) is 4.59. The fourth-order valence-corrected chi connectivity index (χ4v) is 4.61. The summed E-state index contributed by atoms with van der Waals surface area (Å²) in [5.41, 5.74) is 6.63. The SMILES string of the molecule is Nc1c(C(=O)N2C3CCC2CC(O)C3)sc2nnccc12. The van der Waals surface area contributed by atoms with Crippen LogP contribution in [0.2, 0.25) is 0 Å². The maximum atomic E-state index is 12.9. The molecule has 2 fully saturated rings. The lowest BCUT2D eigenvalue weighted by Crippen LogP contribution is -2.47. The zero-order valence-electron chi connectivity index (χ0n) is 11.4. The fraction of sp³-hybridized carbons (Fsp3) is 0.500. The lowest BCUT2D eigenvalue weighted by Gasteiger charge is -2.37. The average molecular weight is 304 g/mol. The molecule has 0 saturated carbocycles. The zero-order chi connectivity index (χ0) is 14.6.